The van der Waals surface area contributed by atoms with Crippen LogP contribution in [-0.2, 0) is 6.42 Å². The summed E-state index contributed by atoms with van der Waals surface area (Å²) in [6.07, 6.45) is 2.24. The van der Waals surface area contributed by atoms with Crippen molar-refractivity contribution in [2.75, 3.05) is 14.2 Å². The van der Waals surface area contributed by atoms with Crippen LogP contribution in [0.3, 0.4) is 0 Å². The molecule has 1 saturated carbocycles. The molecule has 0 heterocycles. The first-order valence-electron chi connectivity index (χ1n) is 5.63. The van der Waals surface area contributed by atoms with E-state index in [-0.39, 0.29) is 0 Å². The standard InChI is InChI=1S/C13H17ClO3/c1-8-10(16-2)6-9(7-13(15)4-5-13)12(17-3)11(8)14/h6,15H,4-5,7H2,1-3H3. The molecule has 0 aliphatic heterocycles. The van der Waals surface area contributed by atoms with Gasteiger partial charge < -0.3 is 14.6 Å². The van der Waals surface area contributed by atoms with Crippen LogP contribution in [0.1, 0.15) is 24.0 Å². The van der Waals surface area contributed by atoms with E-state index < -0.39 is 5.60 Å². The van der Waals surface area contributed by atoms with E-state index in [9.17, 15) is 5.11 Å². The smallest absolute Gasteiger partial charge is 0.141 e. The lowest BCUT2D eigenvalue weighted by Crippen LogP contribution is -2.12. The Labute approximate surface area is 106 Å². The summed E-state index contributed by atoms with van der Waals surface area (Å²) in [4.78, 5) is 0. The average molecular weight is 257 g/mol. The molecule has 0 atom stereocenters. The fourth-order valence-corrected chi connectivity index (χ4v) is 2.28. The third kappa shape index (κ3) is 2.35. The fraction of sp³-hybridized carbons (Fsp3) is 0.538. The maximum atomic E-state index is 9.99. The first-order chi connectivity index (χ1) is 8.00. The van der Waals surface area contributed by atoms with E-state index in [2.05, 4.69) is 0 Å². The molecule has 0 saturated heterocycles. The molecule has 1 aliphatic rings. The molecule has 0 spiro atoms. The van der Waals surface area contributed by atoms with Gasteiger partial charge in [-0.25, -0.2) is 0 Å². The Balaban J connectivity index is 2.44. The summed E-state index contributed by atoms with van der Waals surface area (Å²) >= 11 is 6.25. The van der Waals surface area contributed by atoms with Gasteiger partial charge in [-0.1, -0.05) is 11.6 Å². The molecule has 0 bridgehead atoms. The van der Waals surface area contributed by atoms with E-state index in [4.69, 9.17) is 21.1 Å². The van der Waals surface area contributed by atoms with Crippen molar-refractivity contribution in [1.29, 1.82) is 0 Å². The van der Waals surface area contributed by atoms with Crippen molar-refractivity contribution in [3.63, 3.8) is 0 Å². The molecule has 4 heteroatoms. The summed E-state index contributed by atoms with van der Waals surface area (Å²) in [5.41, 5.74) is 1.19. The lowest BCUT2D eigenvalue weighted by molar-refractivity contribution is 0.150. The van der Waals surface area contributed by atoms with Gasteiger partial charge in [-0.3, -0.25) is 0 Å². The van der Waals surface area contributed by atoms with Crippen molar-refractivity contribution in [3.8, 4) is 11.5 Å². The molecule has 1 aromatic rings. The van der Waals surface area contributed by atoms with Crippen LogP contribution in [0.4, 0.5) is 0 Å². The molecular weight excluding hydrogens is 240 g/mol. The second kappa shape index (κ2) is 4.39. The number of halogens is 1. The van der Waals surface area contributed by atoms with Crippen molar-refractivity contribution >= 4 is 11.6 Å². The molecule has 0 aromatic heterocycles. The maximum absolute atomic E-state index is 9.99. The van der Waals surface area contributed by atoms with Gasteiger partial charge in [0.15, 0.2) is 0 Å². The fourth-order valence-electron chi connectivity index (χ4n) is 1.99. The minimum absolute atomic E-state index is 0.561. The van der Waals surface area contributed by atoms with Gasteiger partial charge in [-0.15, -0.1) is 0 Å². The Morgan fingerprint density at radius 3 is 2.47 bits per heavy atom. The molecule has 1 aromatic carbocycles. The highest BCUT2D eigenvalue weighted by Gasteiger charge is 2.41. The van der Waals surface area contributed by atoms with Crippen LogP contribution in [0.2, 0.25) is 5.02 Å². The van der Waals surface area contributed by atoms with E-state index in [0.717, 1.165) is 29.7 Å². The topological polar surface area (TPSA) is 38.7 Å². The summed E-state index contributed by atoms with van der Waals surface area (Å²) < 4.78 is 10.6. The monoisotopic (exact) mass is 256 g/mol. The highest BCUT2D eigenvalue weighted by Crippen LogP contribution is 2.44. The van der Waals surface area contributed by atoms with Crippen LogP contribution in [0.15, 0.2) is 6.07 Å². The van der Waals surface area contributed by atoms with Gasteiger partial charge in [-0.2, -0.15) is 0 Å². The van der Waals surface area contributed by atoms with Crippen LogP contribution in [-0.4, -0.2) is 24.9 Å². The molecule has 1 N–H and O–H groups in total. The maximum Gasteiger partial charge on any atom is 0.141 e. The van der Waals surface area contributed by atoms with Gasteiger partial charge in [0.1, 0.15) is 11.5 Å². The van der Waals surface area contributed by atoms with Gasteiger partial charge in [0.05, 0.1) is 24.8 Å². The van der Waals surface area contributed by atoms with E-state index in [1.165, 1.54) is 0 Å². The molecule has 0 radical (unpaired) electrons. The Morgan fingerprint density at radius 2 is 2.00 bits per heavy atom. The number of rotatable bonds is 4. The third-order valence-electron chi connectivity index (χ3n) is 3.27. The number of hydrogen-bond donors (Lipinski definition) is 1. The van der Waals surface area contributed by atoms with E-state index in [0.29, 0.717) is 17.2 Å². The van der Waals surface area contributed by atoms with Crippen molar-refractivity contribution in [3.05, 3.63) is 22.2 Å². The molecule has 0 amide bonds. The molecule has 1 aliphatic carbocycles. The van der Waals surface area contributed by atoms with Crippen LogP contribution in [0.5, 0.6) is 11.5 Å². The van der Waals surface area contributed by atoms with E-state index in [1.54, 1.807) is 14.2 Å². The summed E-state index contributed by atoms with van der Waals surface area (Å²) in [5, 5.41) is 10.5. The molecule has 3 nitrogen and oxygen atoms in total. The van der Waals surface area contributed by atoms with Crippen molar-refractivity contribution < 1.29 is 14.6 Å². The summed E-state index contributed by atoms with van der Waals surface area (Å²) in [6, 6.07) is 1.90. The zero-order chi connectivity index (χ0) is 12.6. The predicted molar refractivity (Wildman–Crippen MR) is 67.2 cm³/mol. The highest BCUT2D eigenvalue weighted by atomic mass is 35.5. The predicted octanol–water partition coefficient (Wildman–Crippen LogP) is 2.73. The van der Waals surface area contributed by atoms with Crippen molar-refractivity contribution in [2.45, 2.75) is 31.8 Å². The first-order valence-corrected chi connectivity index (χ1v) is 6.01. The second-order valence-corrected chi connectivity index (χ2v) is 4.99. The van der Waals surface area contributed by atoms with Crippen LogP contribution < -0.4 is 9.47 Å². The molecule has 0 unspecified atom stereocenters. The van der Waals surface area contributed by atoms with Crippen LogP contribution in [0.25, 0.3) is 0 Å². The van der Waals surface area contributed by atoms with Crippen LogP contribution >= 0.6 is 11.6 Å². The van der Waals surface area contributed by atoms with Crippen molar-refractivity contribution in [2.24, 2.45) is 0 Å². The lowest BCUT2D eigenvalue weighted by Gasteiger charge is -2.17. The summed E-state index contributed by atoms with van der Waals surface area (Å²) in [7, 11) is 3.20. The van der Waals surface area contributed by atoms with Crippen LogP contribution in [0, 0.1) is 6.92 Å². The van der Waals surface area contributed by atoms with Gasteiger partial charge in [0.25, 0.3) is 0 Å². The van der Waals surface area contributed by atoms with Crippen molar-refractivity contribution in [1.82, 2.24) is 0 Å². The summed E-state index contributed by atoms with van der Waals surface area (Å²) in [6.45, 7) is 1.89. The lowest BCUT2D eigenvalue weighted by atomic mass is 10.0. The third-order valence-corrected chi connectivity index (χ3v) is 3.72. The van der Waals surface area contributed by atoms with E-state index in [1.807, 2.05) is 13.0 Å². The summed E-state index contributed by atoms with van der Waals surface area (Å²) in [5.74, 6) is 1.38. The minimum atomic E-state index is -0.573. The Hall–Kier alpha value is -0.930. The van der Waals surface area contributed by atoms with Gasteiger partial charge in [0.2, 0.25) is 0 Å². The molecular formula is C13H17ClO3. The number of methoxy groups -OCH3 is 2. The first kappa shape index (κ1) is 12.5. The SMILES string of the molecule is COc1cc(CC2(O)CC2)c(OC)c(Cl)c1C. The number of hydrogen-bond acceptors (Lipinski definition) is 3. The number of aliphatic hydroxyl groups is 1. The van der Waals surface area contributed by atoms with Gasteiger partial charge in [-0.05, 0) is 25.8 Å². The van der Waals surface area contributed by atoms with Gasteiger partial charge >= 0.3 is 0 Å². The van der Waals surface area contributed by atoms with E-state index >= 15 is 0 Å². The Bertz CT molecular complexity index is 439. The Morgan fingerprint density at radius 1 is 1.35 bits per heavy atom. The molecule has 2 rings (SSSR count). The highest BCUT2D eigenvalue weighted by molar-refractivity contribution is 6.33. The quantitative estimate of drug-likeness (QED) is 0.900. The zero-order valence-electron chi connectivity index (χ0n) is 10.3. The molecule has 94 valence electrons. The molecule has 1 fully saturated rings. The Kier molecular flexibility index (Phi) is 3.23. The average Bonchev–Trinajstić information content (AvgIpc) is 3.02. The normalized spacial score (nSPS) is 16.8. The number of benzene rings is 1. The zero-order valence-corrected chi connectivity index (χ0v) is 11.1. The number of ether oxygens (including phenoxy) is 2. The second-order valence-electron chi connectivity index (χ2n) is 4.61. The molecule has 17 heavy (non-hydrogen) atoms. The minimum Gasteiger partial charge on any atom is -0.496 e. The van der Waals surface area contributed by atoms with Gasteiger partial charge in [0, 0.05) is 17.5 Å². The largest absolute Gasteiger partial charge is 0.496 e.